The van der Waals surface area contributed by atoms with E-state index in [9.17, 15) is 0 Å². The summed E-state index contributed by atoms with van der Waals surface area (Å²) in [7, 11) is 2.05. The molecule has 3 heteroatoms. The van der Waals surface area contributed by atoms with Gasteiger partial charge in [-0.15, -0.1) is 0 Å². The predicted octanol–water partition coefficient (Wildman–Crippen LogP) is 2.72. The first-order valence-electron chi connectivity index (χ1n) is 7.44. The summed E-state index contributed by atoms with van der Waals surface area (Å²) >= 11 is 0. The molecule has 1 aromatic carbocycles. The summed E-state index contributed by atoms with van der Waals surface area (Å²) in [6.07, 6.45) is 4.44. The van der Waals surface area contributed by atoms with Crippen LogP contribution in [-0.4, -0.2) is 32.3 Å². The second kappa shape index (κ2) is 5.51. The SMILES string of the molecule is CNC1CCN(CC2CCC(C)O2)c2ccccc21. The minimum atomic E-state index is 0.411. The van der Waals surface area contributed by atoms with Crippen molar-refractivity contribution in [3.8, 4) is 0 Å². The number of nitrogens with zero attached hydrogens (tertiary/aromatic N) is 1. The Morgan fingerprint density at radius 1 is 1.26 bits per heavy atom. The van der Waals surface area contributed by atoms with Crippen molar-refractivity contribution in [3.63, 3.8) is 0 Å². The highest BCUT2D eigenvalue weighted by atomic mass is 16.5. The standard InChI is InChI=1S/C16H24N2O/c1-12-7-8-13(19-12)11-18-10-9-15(17-2)14-5-3-4-6-16(14)18/h3-6,12-13,15,17H,7-11H2,1-2H3. The molecule has 1 fully saturated rings. The number of para-hydroxylation sites is 1. The highest BCUT2D eigenvalue weighted by Gasteiger charge is 2.28. The Morgan fingerprint density at radius 3 is 2.84 bits per heavy atom. The van der Waals surface area contributed by atoms with Gasteiger partial charge >= 0.3 is 0 Å². The van der Waals surface area contributed by atoms with E-state index < -0.39 is 0 Å². The molecule has 3 rings (SSSR count). The van der Waals surface area contributed by atoms with Crippen LogP contribution < -0.4 is 10.2 Å². The van der Waals surface area contributed by atoms with Gasteiger partial charge in [0.2, 0.25) is 0 Å². The molecule has 0 aliphatic carbocycles. The molecular formula is C16H24N2O. The molecule has 2 aliphatic heterocycles. The van der Waals surface area contributed by atoms with Gasteiger partial charge in [0.05, 0.1) is 12.2 Å². The molecule has 0 saturated carbocycles. The maximum absolute atomic E-state index is 5.97. The summed E-state index contributed by atoms with van der Waals surface area (Å²) in [6.45, 7) is 4.34. The largest absolute Gasteiger partial charge is 0.373 e. The highest BCUT2D eigenvalue weighted by Crippen LogP contribution is 2.34. The highest BCUT2D eigenvalue weighted by molar-refractivity contribution is 5.57. The van der Waals surface area contributed by atoms with Crippen molar-refractivity contribution in [3.05, 3.63) is 29.8 Å². The number of anilines is 1. The number of ether oxygens (including phenoxy) is 1. The number of fused-ring (bicyclic) bond motifs is 1. The Morgan fingerprint density at radius 2 is 2.11 bits per heavy atom. The normalized spacial score (nSPS) is 30.4. The van der Waals surface area contributed by atoms with Crippen LogP contribution in [0.5, 0.6) is 0 Å². The molecule has 1 N–H and O–H groups in total. The van der Waals surface area contributed by atoms with Crippen molar-refractivity contribution in [2.45, 2.75) is 44.4 Å². The van der Waals surface area contributed by atoms with E-state index in [0.717, 1.165) is 13.1 Å². The first-order valence-corrected chi connectivity index (χ1v) is 7.44. The van der Waals surface area contributed by atoms with Gasteiger partial charge in [-0.3, -0.25) is 0 Å². The molecule has 0 radical (unpaired) electrons. The van der Waals surface area contributed by atoms with Crippen LogP contribution in [0.25, 0.3) is 0 Å². The Balaban J connectivity index is 1.76. The summed E-state index contributed by atoms with van der Waals surface area (Å²) in [5.41, 5.74) is 2.82. The minimum absolute atomic E-state index is 0.411. The van der Waals surface area contributed by atoms with Gasteiger partial charge in [0.25, 0.3) is 0 Å². The molecular weight excluding hydrogens is 236 g/mol. The molecule has 0 amide bonds. The lowest BCUT2D eigenvalue weighted by Crippen LogP contribution is -2.39. The van der Waals surface area contributed by atoms with E-state index in [2.05, 4.69) is 48.5 Å². The van der Waals surface area contributed by atoms with Crippen molar-refractivity contribution < 1.29 is 4.74 Å². The Hall–Kier alpha value is -1.06. The van der Waals surface area contributed by atoms with Crippen LogP contribution in [0.15, 0.2) is 24.3 Å². The van der Waals surface area contributed by atoms with Gasteiger partial charge in [-0.25, -0.2) is 0 Å². The predicted molar refractivity (Wildman–Crippen MR) is 78.6 cm³/mol. The molecule has 3 nitrogen and oxygen atoms in total. The molecule has 104 valence electrons. The van der Waals surface area contributed by atoms with Crippen LogP contribution >= 0.6 is 0 Å². The van der Waals surface area contributed by atoms with E-state index in [-0.39, 0.29) is 0 Å². The van der Waals surface area contributed by atoms with E-state index in [1.54, 1.807) is 0 Å². The third-order valence-corrected chi connectivity index (χ3v) is 4.43. The van der Waals surface area contributed by atoms with Gasteiger partial charge in [-0.1, -0.05) is 18.2 Å². The molecule has 3 unspecified atom stereocenters. The third kappa shape index (κ3) is 2.63. The molecule has 2 aliphatic rings. The lowest BCUT2D eigenvalue weighted by Gasteiger charge is -2.37. The maximum Gasteiger partial charge on any atom is 0.0754 e. The number of hydrogen-bond acceptors (Lipinski definition) is 3. The smallest absolute Gasteiger partial charge is 0.0754 e. The Kier molecular flexibility index (Phi) is 3.76. The summed E-state index contributed by atoms with van der Waals surface area (Å²) in [5, 5.41) is 3.42. The zero-order valence-electron chi connectivity index (χ0n) is 11.9. The number of hydrogen-bond donors (Lipinski definition) is 1. The van der Waals surface area contributed by atoms with Crippen LogP contribution in [0.1, 0.15) is 37.8 Å². The molecule has 19 heavy (non-hydrogen) atoms. The van der Waals surface area contributed by atoms with Crippen LogP contribution in [0.2, 0.25) is 0 Å². The van der Waals surface area contributed by atoms with E-state index in [1.807, 2.05) is 0 Å². The average Bonchev–Trinajstić information content (AvgIpc) is 2.85. The molecule has 0 bridgehead atoms. The van der Waals surface area contributed by atoms with Crippen molar-refractivity contribution in [2.24, 2.45) is 0 Å². The first kappa shape index (κ1) is 12.9. The van der Waals surface area contributed by atoms with Gasteiger partial charge in [-0.05, 0) is 44.9 Å². The Labute approximate surface area is 115 Å². The lowest BCUT2D eigenvalue weighted by molar-refractivity contribution is 0.0597. The maximum atomic E-state index is 5.97. The van der Waals surface area contributed by atoms with Gasteiger partial charge in [0, 0.05) is 24.8 Å². The monoisotopic (exact) mass is 260 g/mol. The van der Waals surface area contributed by atoms with Crippen LogP contribution in [0.4, 0.5) is 5.69 Å². The second-order valence-corrected chi connectivity index (χ2v) is 5.78. The minimum Gasteiger partial charge on any atom is -0.373 e. The topological polar surface area (TPSA) is 24.5 Å². The second-order valence-electron chi connectivity index (χ2n) is 5.78. The summed E-state index contributed by atoms with van der Waals surface area (Å²) in [4.78, 5) is 2.51. The van der Waals surface area contributed by atoms with Crippen molar-refractivity contribution in [1.29, 1.82) is 0 Å². The summed E-state index contributed by atoms with van der Waals surface area (Å²) < 4.78 is 5.97. The van der Waals surface area contributed by atoms with Gasteiger partial charge in [-0.2, -0.15) is 0 Å². The molecule has 0 spiro atoms. The molecule has 1 aromatic rings. The van der Waals surface area contributed by atoms with E-state index >= 15 is 0 Å². The van der Waals surface area contributed by atoms with E-state index in [0.29, 0.717) is 18.2 Å². The van der Waals surface area contributed by atoms with Crippen LogP contribution in [-0.2, 0) is 4.74 Å². The first-order chi connectivity index (χ1) is 9.28. The summed E-state index contributed by atoms with van der Waals surface area (Å²) in [6, 6.07) is 9.27. The number of nitrogens with one attached hydrogen (secondary N) is 1. The third-order valence-electron chi connectivity index (χ3n) is 4.43. The quantitative estimate of drug-likeness (QED) is 0.904. The van der Waals surface area contributed by atoms with Crippen LogP contribution in [0, 0.1) is 0 Å². The van der Waals surface area contributed by atoms with Crippen molar-refractivity contribution in [2.75, 3.05) is 25.0 Å². The molecule has 3 atom stereocenters. The fourth-order valence-corrected chi connectivity index (χ4v) is 3.39. The fourth-order valence-electron chi connectivity index (χ4n) is 3.39. The fraction of sp³-hybridized carbons (Fsp3) is 0.625. The van der Waals surface area contributed by atoms with Gasteiger partial charge in [0.1, 0.15) is 0 Å². The van der Waals surface area contributed by atoms with Crippen molar-refractivity contribution >= 4 is 5.69 Å². The Bertz CT molecular complexity index is 435. The molecule has 0 aromatic heterocycles. The number of rotatable bonds is 3. The van der Waals surface area contributed by atoms with E-state index in [4.69, 9.17) is 4.74 Å². The molecule has 1 saturated heterocycles. The van der Waals surface area contributed by atoms with Gasteiger partial charge < -0.3 is 15.0 Å². The van der Waals surface area contributed by atoms with Crippen LogP contribution in [0.3, 0.4) is 0 Å². The number of benzene rings is 1. The zero-order chi connectivity index (χ0) is 13.2. The lowest BCUT2D eigenvalue weighted by atomic mass is 9.96. The molecule has 2 heterocycles. The van der Waals surface area contributed by atoms with Gasteiger partial charge in [0.15, 0.2) is 0 Å². The zero-order valence-corrected chi connectivity index (χ0v) is 11.9. The van der Waals surface area contributed by atoms with Crippen molar-refractivity contribution in [1.82, 2.24) is 5.32 Å². The summed E-state index contributed by atoms with van der Waals surface area (Å²) in [5.74, 6) is 0. The van der Waals surface area contributed by atoms with E-state index in [1.165, 1.54) is 30.5 Å². The average molecular weight is 260 g/mol.